The van der Waals surface area contributed by atoms with Crippen molar-refractivity contribution in [1.82, 2.24) is 9.80 Å². The minimum atomic E-state index is 0.279. The van der Waals surface area contributed by atoms with Crippen LogP contribution in [-0.4, -0.2) is 60.8 Å². The molecule has 3 atom stereocenters. The minimum Gasteiger partial charge on any atom is -0.508 e. The van der Waals surface area contributed by atoms with Gasteiger partial charge in [-0.15, -0.1) is 0 Å². The van der Waals surface area contributed by atoms with E-state index in [1.165, 1.54) is 36.0 Å². The zero-order valence-corrected chi connectivity index (χ0v) is 23.3. The van der Waals surface area contributed by atoms with Crippen molar-refractivity contribution < 1.29 is 14.6 Å². The molecule has 5 nitrogen and oxygen atoms in total. The number of hydrogen-bond donors (Lipinski definition) is 1. The number of methoxy groups -OCH3 is 1. The largest absolute Gasteiger partial charge is 0.508 e. The molecule has 0 bridgehead atoms. The van der Waals surface area contributed by atoms with E-state index in [4.69, 9.17) is 9.47 Å². The lowest BCUT2D eigenvalue weighted by Crippen LogP contribution is -2.43. The summed E-state index contributed by atoms with van der Waals surface area (Å²) in [4.78, 5) is 5.01. The highest BCUT2D eigenvalue weighted by Gasteiger charge is 2.34. The molecule has 0 aromatic heterocycles. The van der Waals surface area contributed by atoms with Crippen molar-refractivity contribution in [3.05, 3.63) is 83.1 Å². The van der Waals surface area contributed by atoms with Crippen LogP contribution in [0.2, 0.25) is 0 Å². The molecule has 1 saturated carbocycles. The molecule has 1 fully saturated rings. The number of fused-ring (bicyclic) bond motifs is 1. The highest BCUT2D eigenvalue weighted by Crippen LogP contribution is 2.38. The molecule has 5 heteroatoms. The Kier molecular flexibility index (Phi) is 8.75. The summed E-state index contributed by atoms with van der Waals surface area (Å²) in [5.41, 5.74) is 3.98. The Bertz CT molecular complexity index is 1120. The molecule has 0 spiro atoms. The maximum absolute atomic E-state index is 9.91. The van der Waals surface area contributed by atoms with E-state index in [2.05, 4.69) is 72.3 Å². The molecular formula is C33H44N2O3. The molecule has 5 rings (SSSR count). The van der Waals surface area contributed by atoms with E-state index in [-0.39, 0.29) is 6.04 Å². The first-order chi connectivity index (χ1) is 18.5. The summed E-state index contributed by atoms with van der Waals surface area (Å²) in [7, 11) is 3.97. The molecule has 0 amide bonds. The van der Waals surface area contributed by atoms with E-state index >= 15 is 0 Å². The van der Waals surface area contributed by atoms with Crippen LogP contribution < -0.4 is 4.74 Å². The monoisotopic (exact) mass is 516 g/mol. The van der Waals surface area contributed by atoms with Gasteiger partial charge >= 0.3 is 0 Å². The number of aromatic hydroxyl groups is 1. The molecule has 3 aliphatic rings. The molecule has 38 heavy (non-hydrogen) atoms. The molecule has 204 valence electrons. The van der Waals surface area contributed by atoms with Crippen LogP contribution in [0.15, 0.2) is 66.5 Å². The molecule has 3 aliphatic carbocycles. The second kappa shape index (κ2) is 12.4. The quantitative estimate of drug-likeness (QED) is 0.399. The van der Waals surface area contributed by atoms with Gasteiger partial charge in [-0.25, -0.2) is 0 Å². The number of phenolic OH excluding ortho intramolecular Hbond substituents is 1. The standard InChI is InChI=1S/C33H44N2O3/c1-4-35(23-24-8-14-30(15-9-24)38-19-18-34(2)28-6-5-7-28)33-22-31(37-3)16-17-32(33)27-11-10-26-21-29(36)13-12-25(26)20-27/h8-9,12-17,21-22,27-28,32-33,36H,4-7,10-11,18-20,23H2,1-3H3/t27-,32?,33?/m1/s1. The third kappa shape index (κ3) is 6.27. The van der Waals surface area contributed by atoms with E-state index in [1.807, 2.05) is 12.1 Å². The van der Waals surface area contributed by atoms with Crippen LogP contribution in [0.3, 0.4) is 0 Å². The Morgan fingerprint density at radius 1 is 1.03 bits per heavy atom. The number of rotatable bonds is 11. The SMILES string of the molecule is CCN(Cc1ccc(OCCN(C)C2CCC2)cc1)C1C=C(OC)C=CC1[C@@H]1CCc2cc(O)ccc2C1. The van der Waals surface area contributed by atoms with Gasteiger partial charge < -0.3 is 19.5 Å². The normalized spacial score (nSPS) is 23.2. The van der Waals surface area contributed by atoms with Crippen molar-refractivity contribution in [2.75, 3.05) is 33.9 Å². The number of benzene rings is 2. The van der Waals surface area contributed by atoms with Crippen LogP contribution in [-0.2, 0) is 24.1 Å². The molecule has 0 aliphatic heterocycles. The van der Waals surface area contributed by atoms with Gasteiger partial charge in [0, 0.05) is 25.2 Å². The second-order valence-electron chi connectivity index (χ2n) is 11.3. The summed E-state index contributed by atoms with van der Waals surface area (Å²) < 4.78 is 11.7. The Hall–Kier alpha value is -2.76. The van der Waals surface area contributed by atoms with Crippen molar-refractivity contribution in [2.24, 2.45) is 11.8 Å². The molecule has 2 unspecified atom stereocenters. The number of allylic oxidation sites excluding steroid dienone is 1. The summed E-state index contributed by atoms with van der Waals surface area (Å²) in [6.45, 7) is 5.82. The number of aryl methyl sites for hydroxylation is 1. The zero-order chi connectivity index (χ0) is 26.5. The molecule has 2 aromatic rings. The van der Waals surface area contributed by atoms with Crippen molar-refractivity contribution in [3.63, 3.8) is 0 Å². The Morgan fingerprint density at radius 3 is 2.55 bits per heavy atom. The van der Waals surface area contributed by atoms with Crippen LogP contribution in [0.5, 0.6) is 11.5 Å². The first kappa shape index (κ1) is 26.8. The highest BCUT2D eigenvalue weighted by atomic mass is 16.5. The number of ether oxygens (including phenoxy) is 2. The van der Waals surface area contributed by atoms with Gasteiger partial charge in [0.25, 0.3) is 0 Å². The van der Waals surface area contributed by atoms with Crippen molar-refractivity contribution in [2.45, 2.75) is 64.1 Å². The predicted octanol–water partition coefficient (Wildman–Crippen LogP) is 5.97. The van der Waals surface area contributed by atoms with Crippen LogP contribution >= 0.6 is 0 Å². The molecule has 0 heterocycles. The first-order valence-electron chi connectivity index (χ1n) is 14.4. The van der Waals surface area contributed by atoms with Gasteiger partial charge in [-0.1, -0.05) is 37.6 Å². The van der Waals surface area contributed by atoms with Gasteiger partial charge in [-0.05, 0) is 111 Å². The fourth-order valence-corrected chi connectivity index (χ4v) is 6.34. The fourth-order valence-electron chi connectivity index (χ4n) is 6.34. The lowest BCUT2D eigenvalue weighted by molar-refractivity contribution is 0.135. The van der Waals surface area contributed by atoms with Crippen molar-refractivity contribution in [3.8, 4) is 11.5 Å². The first-order valence-corrected chi connectivity index (χ1v) is 14.4. The average Bonchev–Trinajstić information content (AvgIpc) is 2.91. The molecular weight excluding hydrogens is 472 g/mol. The van der Waals surface area contributed by atoms with Crippen LogP contribution in [0.1, 0.15) is 49.3 Å². The smallest absolute Gasteiger partial charge is 0.119 e. The highest BCUT2D eigenvalue weighted by molar-refractivity contribution is 5.37. The number of hydrogen-bond acceptors (Lipinski definition) is 5. The minimum absolute atomic E-state index is 0.279. The van der Waals surface area contributed by atoms with Gasteiger partial charge in [-0.2, -0.15) is 0 Å². The summed E-state index contributed by atoms with van der Waals surface area (Å²) in [6.07, 6.45) is 14.1. The van der Waals surface area contributed by atoms with E-state index < -0.39 is 0 Å². The maximum Gasteiger partial charge on any atom is 0.119 e. The van der Waals surface area contributed by atoms with E-state index in [0.717, 1.165) is 63.1 Å². The summed E-state index contributed by atoms with van der Waals surface area (Å²) in [5.74, 6) is 3.25. The Labute approximate surface area is 228 Å². The van der Waals surface area contributed by atoms with Gasteiger partial charge in [-0.3, -0.25) is 4.90 Å². The fraction of sp³-hybridized carbons (Fsp3) is 0.515. The number of phenols is 1. The Balaban J connectivity index is 1.23. The lowest BCUT2D eigenvalue weighted by atomic mass is 9.72. The lowest BCUT2D eigenvalue weighted by Gasteiger charge is -2.41. The predicted molar refractivity (Wildman–Crippen MR) is 153 cm³/mol. The zero-order valence-electron chi connectivity index (χ0n) is 23.3. The van der Waals surface area contributed by atoms with Gasteiger partial charge in [0.15, 0.2) is 0 Å². The molecule has 1 N–H and O–H groups in total. The third-order valence-corrected chi connectivity index (χ3v) is 9.00. The summed E-state index contributed by atoms with van der Waals surface area (Å²) in [6, 6.07) is 15.6. The second-order valence-corrected chi connectivity index (χ2v) is 11.3. The van der Waals surface area contributed by atoms with Crippen LogP contribution in [0.4, 0.5) is 0 Å². The average molecular weight is 517 g/mol. The third-order valence-electron chi connectivity index (χ3n) is 9.00. The van der Waals surface area contributed by atoms with Gasteiger partial charge in [0.1, 0.15) is 23.9 Å². The van der Waals surface area contributed by atoms with Gasteiger partial charge in [0.2, 0.25) is 0 Å². The summed E-state index contributed by atoms with van der Waals surface area (Å²) >= 11 is 0. The summed E-state index contributed by atoms with van der Waals surface area (Å²) in [5, 5.41) is 9.91. The molecule has 0 saturated heterocycles. The van der Waals surface area contributed by atoms with Crippen molar-refractivity contribution >= 4 is 0 Å². The van der Waals surface area contributed by atoms with Crippen molar-refractivity contribution in [1.29, 1.82) is 0 Å². The molecule has 2 aromatic carbocycles. The van der Waals surface area contributed by atoms with E-state index in [0.29, 0.717) is 17.6 Å². The van der Waals surface area contributed by atoms with Crippen LogP contribution in [0.25, 0.3) is 0 Å². The van der Waals surface area contributed by atoms with E-state index in [9.17, 15) is 5.11 Å². The Morgan fingerprint density at radius 2 is 1.84 bits per heavy atom. The molecule has 0 radical (unpaired) electrons. The maximum atomic E-state index is 9.91. The van der Waals surface area contributed by atoms with Gasteiger partial charge in [0.05, 0.1) is 7.11 Å². The van der Waals surface area contributed by atoms with Crippen LogP contribution in [0, 0.1) is 11.8 Å². The number of nitrogens with zero attached hydrogens (tertiary/aromatic N) is 2. The topological polar surface area (TPSA) is 45.2 Å². The van der Waals surface area contributed by atoms with E-state index in [1.54, 1.807) is 7.11 Å². The number of likely N-dealkylation sites (N-methyl/N-ethyl adjacent to an activating group) is 2.